The summed E-state index contributed by atoms with van der Waals surface area (Å²) in [6, 6.07) is 17.1. The summed E-state index contributed by atoms with van der Waals surface area (Å²) in [5.41, 5.74) is 3.81. The Morgan fingerprint density at radius 1 is 0.923 bits per heavy atom. The molecule has 1 unspecified atom stereocenters. The van der Waals surface area contributed by atoms with Gasteiger partial charge in [-0.2, -0.15) is 0 Å². The molecule has 0 bridgehead atoms. The maximum atomic E-state index is 6.02. The number of fused-ring (bicyclic) bond motifs is 1. The lowest BCUT2D eigenvalue weighted by molar-refractivity contribution is 0.210. The van der Waals surface area contributed by atoms with Crippen LogP contribution in [0.5, 0.6) is 5.75 Å². The predicted octanol–water partition coefficient (Wildman–Crippen LogP) is 5.37. The van der Waals surface area contributed by atoms with E-state index in [0.29, 0.717) is 17.3 Å². The molecule has 3 nitrogen and oxygen atoms in total. The number of rotatable bonds is 4. The molecule has 0 aromatic heterocycles. The van der Waals surface area contributed by atoms with E-state index < -0.39 is 0 Å². The van der Waals surface area contributed by atoms with E-state index in [-0.39, 0.29) is 0 Å². The number of ether oxygens (including phenoxy) is 1. The number of anilines is 1. The molecule has 0 spiro atoms. The summed E-state index contributed by atoms with van der Waals surface area (Å²) in [5.74, 6) is 0.947. The van der Waals surface area contributed by atoms with Gasteiger partial charge in [-0.15, -0.1) is 0 Å². The molecule has 0 saturated heterocycles. The fraction of sp³-hybridized carbons (Fsp3) is 0.409. The molecule has 0 heterocycles. The molecule has 2 aromatic rings. The second kappa shape index (κ2) is 8.09. The second-order valence-electron chi connectivity index (χ2n) is 7.29. The Bertz CT molecular complexity index is 753. The molecule has 2 aromatic carbocycles. The van der Waals surface area contributed by atoms with Gasteiger partial charge in [-0.25, -0.2) is 0 Å². The largest absolute Gasteiger partial charge is 0.490 e. The van der Waals surface area contributed by atoms with Gasteiger partial charge in [0.2, 0.25) is 0 Å². The zero-order chi connectivity index (χ0) is 17.8. The van der Waals surface area contributed by atoms with E-state index in [1.807, 2.05) is 24.3 Å². The van der Waals surface area contributed by atoms with Crippen molar-refractivity contribution < 1.29 is 4.74 Å². The van der Waals surface area contributed by atoms with E-state index in [9.17, 15) is 0 Å². The summed E-state index contributed by atoms with van der Waals surface area (Å²) < 4.78 is 6.02. The summed E-state index contributed by atoms with van der Waals surface area (Å²) in [6.45, 7) is 0. The topological polar surface area (TPSA) is 33.3 Å². The Hall–Kier alpha value is -2.07. The minimum Gasteiger partial charge on any atom is -0.490 e. The van der Waals surface area contributed by atoms with Crippen LogP contribution in [0.25, 0.3) is 0 Å². The van der Waals surface area contributed by atoms with E-state index in [0.717, 1.165) is 24.3 Å². The van der Waals surface area contributed by atoms with Crippen LogP contribution in [0, 0.1) is 0 Å². The third kappa shape index (κ3) is 4.18. The van der Waals surface area contributed by atoms with Crippen molar-refractivity contribution in [3.63, 3.8) is 0 Å². The lowest BCUT2D eigenvalue weighted by Gasteiger charge is -2.27. The van der Waals surface area contributed by atoms with Crippen molar-refractivity contribution in [3.8, 4) is 5.75 Å². The molecule has 1 atom stereocenters. The summed E-state index contributed by atoms with van der Waals surface area (Å²) in [5, 5.41) is 7.47. The van der Waals surface area contributed by atoms with Gasteiger partial charge in [-0.1, -0.05) is 24.3 Å². The van der Waals surface area contributed by atoms with Crippen LogP contribution in [0.4, 0.5) is 5.69 Å². The number of aryl methyl sites for hydroxylation is 1. The Morgan fingerprint density at radius 3 is 2.50 bits per heavy atom. The van der Waals surface area contributed by atoms with E-state index in [4.69, 9.17) is 17.0 Å². The molecule has 0 radical (unpaired) electrons. The monoisotopic (exact) mass is 366 g/mol. The van der Waals surface area contributed by atoms with Gasteiger partial charge in [0.1, 0.15) is 5.75 Å². The van der Waals surface area contributed by atoms with Crippen LogP contribution in [-0.2, 0) is 6.42 Å². The number of hydrogen-bond donors (Lipinski definition) is 2. The second-order valence-corrected chi connectivity index (χ2v) is 7.70. The van der Waals surface area contributed by atoms with E-state index in [2.05, 4.69) is 34.9 Å². The number of nitrogens with one attached hydrogen (secondary N) is 2. The molecule has 4 rings (SSSR count). The van der Waals surface area contributed by atoms with Crippen LogP contribution < -0.4 is 15.4 Å². The molecular weight excluding hydrogens is 340 g/mol. The van der Waals surface area contributed by atoms with Crippen LogP contribution >= 0.6 is 12.2 Å². The summed E-state index contributed by atoms with van der Waals surface area (Å²) >= 11 is 5.54. The highest BCUT2D eigenvalue weighted by Crippen LogP contribution is 2.29. The van der Waals surface area contributed by atoms with Gasteiger partial charge < -0.3 is 15.4 Å². The van der Waals surface area contributed by atoms with Gasteiger partial charge in [0.25, 0.3) is 0 Å². The molecule has 0 aliphatic heterocycles. The Kier molecular flexibility index (Phi) is 5.40. The zero-order valence-electron chi connectivity index (χ0n) is 15.0. The first kappa shape index (κ1) is 17.3. The summed E-state index contributed by atoms with van der Waals surface area (Å²) in [4.78, 5) is 0. The Labute approximate surface area is 161 Å². The third-order valence-corrected chi connectivity index (χ3v) is 5.61. The van der Waals surface area contributed by atoms with Crippen molar-refractivity contribution in [2.24, 2.45) is 0 Å². The van der Waals surface area contributed by atoms with E-state index in [1.54, 1.807) is 0 Å². The summed E-state index contributed by atoms with van der Waals surface area (Å²) in [6.07, 6.45) is 8.80. The SMILES string of the molecule is S=C(Nc1ccc(OC2CCCC2)cc1)NC1CCCc2ccccc21. The van der Waals surface area contributed by atoms with Crippen molar-refractivity contribution in [2.45, 2.75) is 57.1 Å². The first-order valence-corrected chi connectivity index (χ1v) is 10.1. The lowest BCUT2D eigenvalue weighted by Crippen LogP contribution is -2.34. The first-order chi connectivity index (χ1) is 12.8. The van der Waals surface area contributed by atoms with Gasteiger partial charge in [-0.3, -0.25) is 0 Å². The molecule has 136 valence electrons. The van der Waals surface area contributed by atoms with Gasteiger partial charge >= 0.3 is 0 Å². The fourth-order valence-corrected chi connectivity index (χ4v) is 4.30. The molecule has 1 saturated carbocycles. The number of hydrogen-bond acceptors (Lipinski definition) is 2. The normalized spacial score (nSPS) is 19.6. The Balaban J connectivity index is 1.33. The highest BCUT2D eigenvalue weighted by Gasteiger charge is 2.20. The Morgan fingerprint density at radius 2 is 1.69 bits per heavy atom. The van der Waals surface area contributed by atoms with Gasteiger partial charge in [0.05, 0.1) is 12.1 Å². The van der Waals surface area contributed by atoms with Crippen LogP contribution in [0.2, 0.25) is 0 Å². The van der Waals surface area contributed by atoms with Crippen LogP contribution in [0.15, 0.2) is 48.5 Å². The first-order valence-electron chi connectivity index (χ1n) is 9.70. The molecule has 2 aliphatic rings. The standard InChI is InChI=1S/C22H26N2OS/c26-22(24-21-11-5-7-16-6-1-4-10-20(16)21)23-17-12-14-19(15-13-17)25-18-8-2-3-9-18/h1,4,6,10,12-15,18,21H,2-3,5,7-9,11H2,(H2,23,24,26). The van der Waals surface area contributed by atoms with Gasteiger partial charge in [0, 0.05) is 5.69 Å². The zero-order valence-corrected chi connectivity index (χ0v) is 15.9. The molecule has 1 fully saturated rings. The quantitative estimate of drug-likeness (QED) is 0.713. The number of thiocarbonyl (C=S) groups is 1. The van der Waals surface area contributed by atoms with E-state index >= 15 is 0 Å². The van der Waals surface area contributed by atoms with Crippen LogP contribution in [-0.4, -0.2) is 11.2 Å². The molecule has 26 heavy (non-hydrogen) atoms. The van der Waals surface area contributed by atoms with Crippen molar-refractivity contribution in [1.29, 1.82) is 0 Å². The minimum atomic E-state index is 0.296. The predicted molar refractivity (Wildman–Crippen MR) is 111 cm³/mol. The van der Waals surface area contributed by atoms with Crippen molar-refractivity contribution in [2.75, 3.05) is 5.32 Å². The van der Waals surface area contributed by atoms with E-state index in [1.165, 1.54) is 43.2 Å². The lowest BCUT2D eigenvalue weighted by atomic mass is 9.88. The highest BCUT2D eigenvalue weighted by molar-refractivity contribution is 7.80. The van der Waals surface area contributed by atoms with Crippen LogP contribution in [0.3, 0.4) is 0 Å². The van der Waals surface area contributed by atoms with Crippen molar-refractivity contribution in [3.05, 3.63) is 59.7 Å². The minimum absolute atomic E-state index is 0.296. The average molecular weight is 367 g/mol. The van der Waals surface area contributed by atoms with Gasteiger partial charge in [0.15, 0.2) is 5.11 Å². The smallest absolute Gasteiger partial charge is 0.171 e. The summed E-state index contributed by atoms with van der Waals surface area (Å²) in [7, 11) is 0. The maximum Gasteiger partial charge on any atom is 0.171 e. The molecule has 4 heteroatoms. The van der Waals surface area contributed by atoms with Crippen molar-refractivity contribution >= 4 is 23.0 Å². The van der Waals surface area contributed by atoms with Gasteiger partial charge in [-0.05, 0) is 92.6 Å². The third-order valence-electron chi connectivity index (χ3n) is 5.39. The average Bonchev–Trinajstić information content (AvgIpc) is 3.17. The van der Waals surface area contributed by atoms with Crippen molar-refractivity contribution in [1.82, 2.24) is 5.32 Å². The molecule has 2 N–H and O–H groups in total. The molecule has 2 aliphatic carbocycles. The van der Waals surface area contributed by atoms with Crippen LogP contribution in [0.1, 0.15) is 55.7 Å². The maximum absolute atomic E-state index is 6.02. The fourth-order valence-electron chi connectivity index (χ4n) is 4.04. The molecule has 0 amide bonds. The highest BCUT2D eigenvalue weighted by atomic mass is 32.1. The number of benzene rings is 2. The molecular formula is C22H26N2OS.